The van der Waals surface area contributed by atoms with Gasteiger partial charge in [-0.3, -0.25) is 0 Å². The van der Waals surface area contributed by atoms with Crippen molar-refractivity contribution >= 4 is 10.0 Å². The third kappa shape index (κ3) is 3.72. The van der Waals surface area contributed by atoms with Crippen molar-refractivity contribution in [3.05, 3.63) is 42.1 Å². The van der Waals surface area contributed by atoms with Crippen LogP contribution in [-0.2, 0) is 10.0 Å². The lowest BCUT2D eigenvalue weighted by atomic mass is 10.3. The minimum Gasteiger partial charge on any atom is -0.495 e. The van der Waals surface area contributed by atoms with E-state index < -0.39 is 15.8 Å². The van der Waals surface area contributed by atoms with Crippen LogP contribution >= 0.6 is 0 Å². The Morgan fingerprint density at radius 1 is 1.32 bits per heavy atom. The number of rotatable bonds is 5. The van der Waals surface area contributed by atoms with Gasteiger partial charge in [0.15, 0.2) is 0 Å². The molecule has 0 saturated carbocycles. The number of methoxy groups -OCH3 is 1. The first-order valence-corrected chi connectivity index (χ1v) is 9.14. The maximum atomic E-state index is 13.5. The molecule has 0 bridgehead atoms. The van der Waals surface area contributed by atoms with E-state index in [0.29, 0.717) is 18.1 Å². The van der Waals surface area contributed by atoms with Crippen molar-refractivity contribution in [2.45, 2.75) is 24.3 Å². The predicted molar refractivity (Wildman–Crippen MR) is 87.5 cm³/mol. The first-order chi connectivity index (χ1) is 11.9. The van der Waals surface area contributed by atoms with Gasteiger partial charge in [0.1, 0.15) is 28.4 Å². The van der Waals surface area contributed by atoms with E-state index in [1.807, 2.05) is 0 Å². The van der Waals surface area contributed by atoms with Crippen molar-refractivity contribution in [1.82, 2.24) is 14.3 Å². The van der Waals surface area contributed by atoms with Gasteiger partial charge in [-0.15, -0.1) is 0 Å². The molecule has 3 rings (SSSR count). The lowest BCUT2D eigenvalue weighted by Gasteiger charge is -2.18. The molecule has 134 valence electrons. The monoisotopic (exact) mass is 367 g/mol. The summed E-state index contributed by atoms with van der Waals surface area (Å²) in [7, 11) is -2.53. The van der Waals surface area contributed by atoms with Crippen LogP contribution < -0.4 is 9.47 Å². The number of hydrogen-bond acceptors (Lipinski definition) is 6. The van der Waals surface area contributed by atoms with Crippen molar-refractivity contribution in [3.63, 3.8) is 0 Å². The summed E-state index contributed by atoms with van der Waals surface area (Å²) in [6.45, 7) is 2.18. The minimum atomic E-state index is -3.88. The van der Waals surface area contributed by atoms with Gasteiger partial charge in [0.25, 0.3) is 0 Å². The fourth-order valence-corrected chi connectivity index (χ4v) is 4.33. The average Bonchev–Trinajstić information content (AvgIpc) is 3.04. The summed E-state index contributed by atoms with van der Waals surface area (Å²) in [6, 6.07) is 5.05. The molecule has 1 fully saturated rings. The molecule has 25 heavy (non-hydrogen) atoms. The summed E-state index contributed by atoms with van der Waals surface area (Å²) in [6.07, 6.45) is 1.77. The van der Waals surface area contributed by atoms with Crippen LogP contribution in [0, 0.1) is 12.7 Å². The fraction of sp³-hybridized carbons (Fsp3) is 0.375. The summed E-state index contributed by atoms with van der Waals surface area (Å²) in [5.41, 5.74) is 0. The number of ether oxygens (including phenoxy) is 2. The van der Waals surface area contributed by atoms with Crippen molar-refractivity contribution in [3.8, 4) is 11.6 Å². The Morgan fingerprint density at radius 3 is 2.84 bits per heavy atom. The Bertz CT molecular complexity index is 875. The standard InChI is InChI=1S/C16H18FN3O4S/c1-11-18-7-5-16(19-11)24-13-6-8-20(10-13)25(21,22)15-9-12(17)3-4-14(15)23-2/h3-5,7,9,13H,6,8,10H2,1-2H3. The largest absolute Gasteiger partial charge is 0.495 e. The van der Waals surface area contributed by atoms with Crippen LogP contribution in [-0.4, -0.2) is 49.0 Å². The van der Waals surface area contributed by atoms with E-state index in [1.165, 1.54) is 17.5 Å². The molecule has 1 aromatic carbocycles. The van der Waals surface area contributed by atoms with Crippen LogP contribution in [0.15, 0.2) is 35.4 Å². The Balaban J connectivity index is 1.78. The van der Waals surface area contributed by atoms with E-state index in [0.717, 1.165) is 12.1 Å². The second-order valence-corrected chi connectivity index (χ2v) is 7.54. The molecule has 2 heterocycles. The lowest BCUT2D eigenvalue weighted by molar-refractivity contribution is 0.206. The van der Waals surface area contributed by atoms with Crippen LogP contribution in [0.3, 0.4) is 0 Å². The number of aryl methyl sites for hydroxylation is 1. The van der Waals surface area contributed by atoms with E-state index in [4.69, 9.17) is 9.47 Å². The zero-order chi connectivity index (χ0) is 18.0. The molecule has 9 heteroatoms. The molecule has 1 saturated heterocycles. The molecular weight excluding hydrogens is 349 g/mol. The second kappa shape index (κ2) is 6.93. The van der Waals surface area contributed by atoms with Crippen LogP contribution in [0.5, 0.6) is 11.6 Å². The fourth-order valence-electron chi connectivity index (χ4n) is 2.67. The highest BCUT2D eigenvalue weighted by Gasteiger charge is 2.35. The molecule has 0 aliphatic carbocycles. The molecule has 0 spiro atoms. The number of benzene rings is 1. The van der Waals surface area contributed by atoms with E-state index in [9.17, 15) is 12.8 Å². The van der Waals surface area contributed by atoms with E-state index in [2.05, 4.69) is 9.97 Å². The number of hydrogen-bond donors (Lipinski definition) is 0. The predicted octanol–water partition coefficient (Wildman–Crippen LogP) is 1.77. The summed E-state index contributed by atoms with van der Waals surface area (Å²) < 4.78 is 51.2. The van der Waals surface area contributed by atoms with Gasteiger partial charge in [-0.25, -0.2) is 17.8 Å². The minimum absolute atomic E-state index is 0.109. The molecule has 1 aliphatic heterocycles. The molecule has 0 radical (unpaired) electrons. The third-order valence-corrected chi connectivity index (χ3v) is 5.78. The van der Waals surface area contributed by atoms with Gasteiger partial charge in [0.2, 0.25) is 15.9 Å². The third-order valence-electron chi connectivity index (χ3n) is 3.89. The molecule has 0 N–H and O–H groups in total. The van der Waals surface area contributed by atoms with Gasteiger partial charge in [-0.1, -0.05) is 0 Å². The molecular formula is C16H18FN3O4S. The van der Waals surface area contributed by atoms with E-state index in [-0.39, 0.29) is 29.8 Å². The van der Waals surface area contributed by atoms with Gasteiger partial charge in [-0.05, 0) is 31.5 Å². The van der Waals surface area contributed by atoms with Gasteiger partial charge in [-0.2, -0.15) is 9.29 Å². The Kier molecular flexibility index (Phi) is 4.87. The zero-order valence-electron chi connectivity index (χ0n) is 13.8. The summed E-state index contributed by atoms with van der Waals surface area (Å²) >= 11 is 0. The first-order valence-electron chi connectivity index (χ1n) is 7.70. The number of sulfonamides is 1. The molecule has 1 atom stereocenters. The van der Waals surface area contributed by atoms with Gasteiger partial charge < -0.3 is 9.47 Å². The lowest BCUT2D eigenvalue weighted by Crippen LogP contribution is -2.31. The number of halogens is 1. The average molecular weight is 367 g/mol. The van der Waals surface area contributed by atoms with Crippen molar-refractivity contribution in [2.75, 3.05) is 20.2 Å². The summed E-state index contributed by atoms with van der Waals surface area (Å²) in [4.78, 5) is 7.95. The highest BCUT2D eigenvalue weighted by Crippen LogP contribution is 2.30. The van der Waals surface area contributed by atoms with Crippen molar-refractivity contribution < 1.29 is 22.3 Å². The SMILES string of the molecule is COc1ccc(F)cc1S(=O)(=O)N1CCC(Oc2ccnc(C)n2)C1. The van der Waals surface area contributed by atoms with E-state index in [1.54, 1.807) is 19.2 Å². The van der Waals surface area contributed by atoms with Crippen molar-refractivity contribution in [1.29, 1.82) is 0 Å². The smallest absolute Gasteiger partial charge is 0.246 e. The highest BCUT2D eigenvalue weighted by molar-refractivity contribution is 7.89. The maximum absolute atomic E-state index is 13.5. The molecule has 1 aliphatic rings. The maximum Gasteiger partial charge on any atom is 0.246 e. The van der Waals surface area contributed by atoms with Crippen LogP contribution in [0.25, 0.3) is 0 Å². The summed E-state index contributed by atoms with van der Waals surface area (Å²) in [5, 5.41) is 0. The van der Waals surface area contributed by atoms with Gasteiger partial charge in [0, 0.05) is 18.8 Å². The molecule has 7 nitrogen and oxygen atoms in total. The Hall–Kier alpha value is -2.26. The van der Waals surface area contributed by atoms with Gasteiger partial charge in [0.05, 0.1) is 13.7 Å². The molecule has 1 aromatic heterocycles. The first kappa shape index (κ1) is 17.6. The molecule has 0 amide bonds. The van der Waals surface area contributed by atoms with Crippen LogP contribution in [0.1, 0.15) is 12.2 Å². The molecule has 1 unspecified atom stereocenters. The van der Waals surface area contributed by atoms with Gasteiger partial charge >= 0.3 is 0 Å². The Morgan fingerprint density at radius 2 is 2.12 bits per heavy atom. The number of aromatic nitrogens is 2. The van der Waals surface area contributed by atoms with Crippen LogP contribution in [0.4, 0.5) is 4.39 Å². The van der Waals surface area contributed by atoms with E-state index >= 15 is 0 Å². The highest BCUT2D eigenvalue weighted by atomic mass is 32.2. The zero-order valence-corrected chi connectivity index (χ0v) is 14.7. The van der Waals surface area contributed by atoms with Crippen molar-refractivity contribution in [2.24, 2.45) is 0 Å². The topological polar surface area (TPSA) is 81.6 Å². The normalized spacial score (nSPS) is 18.3. The summed E-state index contributed by atoms with van der Waals surface area (Å²) in [5.74, 6) is 0.449. The Labute approximate surface area is 145 Å². The quantitative estimate of drug-likeness (QED) is 0.801. The number of nitrogens with zero attached hydrogens (tertiary/aromatic N) is 3. The van der Waals surface area contributed by atoms with Crippen LogP contribution in [0.2, 0.25) is 0 Å². The molecule has 2 aromatic rings. The second-order valence-electron chi connectivity index (χ2n) is 5.63.